The maximum Gasteiger partial charge on any atom is 0.311 e. The number of amides is 1. The Hall–Kier alpha value is -0.760. The van der Waals surface area contributed by atoms with Crippen LogP contribution in [-0.4, -0.2) is 54.5 Å². The summed E-state index contributed by atoms with van der Waals surface area (Å²) in [5.41, 5.74) is -0.920. The van der Waals surface area contributed by atoms with Gasteiger partial charge in [-0.25, -0.2) is 8.42 Å². The van der Waals surface area contributed by atoms with E-state index in [1.807, 2.05) is 0 Å². The molecule has 0 saturated carbocycles. The van der Waals surface area contributed by atoms with Gasteiger partial charge in [0.1, 0.15) is 0 Å². The van der Waals surface area contributed by atoms with Crippen molar-refractivity contribution in [2.75, 3.05) is 23.8 Å². The van der Waals surface area contributed by atoms with E-state index in [-0.39, 0.29) is 35.0 Å². The number of thioether (sulfide) groups is 1. The lowest BCUT2D eigenvalue weighted by Gasteiger charge is -2.26. The fraction of sp³-hybridized carbons (Fsp3) is 0.846. The minimum atomic E-state index is -2.93. The molecule has 1 aliphatic heterocycles. The molecule has 122 valence electrons. The molecular formula is C13H23NO5S2. The maximum absolute atomic E-state index is 11.8. The Labute approximate surface area is 130 Å². The first-order chi connectivity index (χ1) is 9.74. The van der Waals surface area contributed by atoms with Crippen molar-refractivity contribution in [3.63, 3.8) is 0 Å². The molecule has 2 N–H and O–H groups in total. The summed E-state index contributed by atoms with van der Waals surface area (Å²) >= 11 is 1.33. The third-order valence-corrected chi connectivity index (χ3v) is 7.35. The summed E-state index contributed by atoms with van der Waals surface area (Å²) in [4.78, 5) is 23.1. The second kappa shape index (κ2) is 7.49. The lowest BCUT2D eigenvalue weighted by atomic mass is 9.82. The number of carbonyl (C=O) groups excluding carboxylic acids is 1. The van der Waals surface area contributed by atoms with E-state index in [1.165, 1.54) is 11.8 Å². The van der Waals surface area contributed by atoms with E-state index in [1.54, 1.807) is 13.8 Å². The molecule has 0 bridgehead atoms. The lowest BCUT2D eigenvalue weighted by molar-refractivity contribution is -0.149. The molecule has 6 nitrogen and oxygen atoms in total. The van der Waals surface area contributed by atoms with Crippen LogP contribution in [0.3, 0.4) is 0 Å². The topological polar surface area (TPSA) is 101 Å². The summed E-state index contributed by atoms with van der Waals surface area (Å²) in [6.45, 7) is 3.70. The van der Waals surface area contributed by atoms with Crippen LogP contribution in [0.15, 0.2) is 0 Å². The fourth-order valence-electron chi connectivity index (χ4n) is 2.28. The van der Waals surface area contributed by atoms with Crippen molar-refractivity contribution in [1.29, 1.82) is 0 Å². The first kappa shape index (κ1) is 18.3. The Kier molecular flexibility index (Phi) is 6.52. The molecule has 1 unspecified atom stereocenters. The van der Waals surface area contributed by atoms with Crippen molar-refractivity contribution in [2.45, 2.75) is 38.4 Å². The van der Waals surface area contributed by atoms with Gasteiger partial charge >= 0.3 is 5.97 Å². The molecule has 1 saturated heterocycles. The van der Waals surface area contributed by atoms with E-state index in [9.17, 15) is 23.1 Å². The highest BCUT2D eigenvalue weighted by Gasteiger charge is 2.35. The molecule has 0 aliphatic carbocycles. The second-order valence-electron chi connectivity index (χ2n) is 5.41. The molecule has 1 rings (SSSR count). The van der Waals surface area contributed by atoms with Gasteiger partial charge in [0.05, 0.1) is 22.7 Å². The van der Waals surface area contributed by atoms with E-state index in [0.29, 0.717) is 19.3 Å². The zero-order valence-corrected chi connectivity index (χ0v) is 14.1. The molecule has 1 atom stereocenters. The van der Waals surface area contributed by atoms with Crippen LogP contribution < -0.4 is 5.32 Å². The van der Waals surface area contributed by atoms with Crippen LogP contribution in [0, 0.1) is 5.41 Å². The summed E-state index contributed by atoms with van der Waals surface area (Å²) in [7, 11) is -2.93. The summed E-state index contributed by atoms with van der Waals surface area (Å²) in [6.07, 6.45) is 1.49. The van der Waals surface area contributed by atoms with Gasteiger partial charge in [0.15, 0.2) is 9.84 Å². The number of carboxylic acids is 1. The minimum Gasteiger partial charge on any atom is -0.481 e. The highest BCUT2D eigenvalue weighted by molar-refractivity contribution is 8.02. The van der Waals surface area contributed by atoms with Crippen LogP contribution in [0.25, 0.3) is 0 Å². The van der Waals surface area contributed by atoms with Gasteiger partial charge in [0.25, 0.3) is 0 Å². The molecule has 0 aromatic rings. The monoisotopic (exact) mass is 337 g/mol. The van der Waals surface area contributed by atoms with Crippen LogP contribution in [0.2, 0.25) is 0 Å². The van der Waals surface area contributed by atoms with Crippen LogP contribution in [-0.2, 0) is 19.4 Å². The molecule has 1 heterocycles. The first-order valence-electron chi connectivity index (χ1n) is 7.07. The van der Waals surface area contributed by atoms with Crippen LogP contribution in [0.1, 0.15) is 33.1 Å². The number of hydrogen-bond acceptors (Lipinski definition) is 5. The highest BCUT2D eigenvalue weighted by Crippen LogP contribution is 2.26. The molecule has 1 amide bonds. The molecule has 0 aromatic carbocycles. The van der Waals surface area contributed by atoms with Crippen molar-refractivity contribution < 1.29 is 23.1 Å². The van der Waals surface area contributed by atoms with Crippen molar-refractivity contribution in [3.8, 4) is 0 Å². The number of carboxylic acid groups (broad SMARTS) is 1. The SMILES string of the molecule is CCC(CC)(CNC(=O)CSC1CCS(=O)(=O)C1)C(=O)O. The zero-order valence-electron chi connectivity index (χ0n) is 12.4. The van der Waals surface area contributed by atoms with Gasteiger partial charge in [-0.3, -0.25) is 9.59 Å². The average molecular weight is 337 g/mol. The van der Waals surface area contributed by atoms with Gasteiger partial charge in [-0.05, 0) is 19.3 Å². The predicted molar refractivity (Wildman–Crippen MR) is 83.2 cm³/mol. The van der Waals surface area contributed by atoms with Crippen molar-refractivity contribution >= 4 is 33.5 Å². The van der Waals surface area contributed by atoms with Crippen molar-refractivity contribution in [2.24, 2.45) is 5.41 Å². The van der Waals surface area contributed by atoms with Gasteiger partial charge < -0.3 is 10.4 Å². The number of rotatable bonds is 8. The van der Waals surface area contributed by atoms with Gasteiger partial charge in [-0.2, -0.15) is 0 Å². The predicted octanol–water partition coefficient (Wildman–Crippen LogP) is 0.914. The zero-order chi connectivity index (χ0) is 16.1. The van der Waals surface area contributed by atoms with Crippen LogP contribution in [0.5, 0.6) is 0 Å². The molecular weight excluding hydrogens is 314 g/mol. The summed E-state index contributed by atoms with van der Waals surface area (Å²) in [5, 5.41) is 11.9. The largest absolute Gasteiger partial charge is 0.481 e. The van der Waals surface area contributed by atoms with Crippen LogP contribution >= 0.6 is 11.8 Å². The molecule has 8 heteroatoms. The van der Waals surface area contributed by atoms with E-state index < -0.39 is 21.2 Å². The third-order valence-electron chi connectivity index (χ3n) is 4.07. The van der Waals surface area contributed by atoms with Gasteiger partial charge in [-0.1, -0.05) is 13.8 Å². The number of aliphatic carboxylic acids is 1. The Bertz CT molecular complexity index is 485. The molecule has 0 spiro atoms. The maximum atomic E-state index is 11.8. The number of carbonyl (C=O) groups is 2. The summed E-state index contributed by atoms with van der Waals surface area (Å²) in [5.74, 6) is -0.642. The minimum absolute atomic E-state index is 0.0256. The number of hydrogen-bond donors (Lipinski definition) is 2. The molecule has 1 aliphatic rings. The van der Waals surface area contributed by atoms with E-state index >= 15 is 0 Å². The Balaban J connectivity index is 2.39. The second-order valence-corrected chi connectivity index (χ2v) is 8.92. The molecule has 21 heavy (non-hydrogen) atoms. The van der Waals surface area contributed by atoms with Crippen molar-refractivity contribution in [1.82, 2.24) is 5.32 Å². The van der Waals surface area contributed by atoms with Gasteiger partial charge in [0.2, 0.25) is 5.91 Å². The number of sulfone groups is 1. The molecule has 0 radical (unpaired) electrons. The molecule has 1 fully saturated rings. The first-order valence-corrected chi connectivity index (χ1v) is 9.94. The quantitative estimate of drug-likeness (QED) is 0.683. The van der Waals surface area contributed by atoms with E-state index in [2.05, 4.69) is 5.32 Å². The van der Waals surface area contributed by atoms with Gasteiger partial charge in [-0.15, -0.1) is 11.8 Å². The Morgan fingerprint density at radius 2 is 1.95 bits per heavy atom. The van der Waals surface area contributed by atoms with Crippen molar-refractivity contribution in [3.05, 3.63) is 0 Å². The van der Waals surface area contributed by atoms with Crippen LogP contribution in [0.4, 0.5) is 0 Å². The Morgan fingerprint density at radius 3 is 2.38 bits per heavy atom. The normalized spacial score (nSPS) is 21.1. The Morgan fingerprint density at radius 1 is 1.33 bits per heavy atom. The van der Waals surface area contributed by atoms with Gasteiger partial charge in [0, 0.05) is 11.8 Å². The van der Waals surface area contributed by atoms with E-state index in [4.69, 9.17) is 0 Å². The van der Waals surface area contributed by atoms with E-state index in [0.717, 1.165) is 0 Å². The summed E-state index contributed by atoms with van der Waals surface area (Å²) in [6, 6.07) is 0. The lowest BCUT2D eigenvalue weighted by Crippen LogP contribution is -2.43. The smallest absolute Gasteiger partial charge is 0.311 e. The summed E-state index contributed by atoms with van der Waals surface area (Å²) < 4.78 is 22.6. The average Bonchev–Trinajstić information content (AvgIpc) is 2.77. The highest BCUT2D eigenvalue weighted by atomic mass is 32.2. The molecule has 0 aromatic heterocycles. The number of nitrogens with one attached hydrogen (secondary N) is 1. The standard InChI is InChI=1S/C13H23NO5S2/c1-3-13(4-2,12(16)17)9-14-11(15)7-20-10-5-6-21(18,19)8-10/h10H,3-9H2,1-2H3,(H,14,15)(H,16,17). The third kappa shape index (κ3) is 5.18. The fourth-order valence-corrected chi connectivity index (χ4v) is 5.76.